The molecule has 1 aliphatic heterocycles. The molecule has 2 aromatic carbocycles. The highest BCUT2D eigenvalue weighted by Crippen LogP contribution is 2.32. The highest BCUT2D eigenvalue weighted by Gasteiger charge is 2.24. The number of anilines is 2. The van der Waals surface area contributed by atoms with Gasteiger partial charge in [0.2, 0.25) is 0 Å². The standard InChI is InChI=1S/C21H20FN3O2/c1-27-16-6-4-5-15(12-16)24-20-17-11-14(22)7-8-19(17)23-13-18(20)21(26)25-9-2-3-10-25/h4-8,11-13H,2-3,9-10H2,1H3,(H,23,24). The Morgan fingerprint density at radius 1 is 1.19 bits per heavy atom. The van der Waals surface area contributed by atoms with Crippen LogP contribution in [0.25, 0.3) is 10.9 Å². The van der Waals surface area contributed by atoms with Crippen molar-refractivity contribution in [3.8, 4) is 5.75 Å². The molecule has 0 spiro atoms. The van der Waals surface area contributed by atoms with Gasteiger partial charge in [0.1, 0.15) is 11.6 Å². The molecule has 27 heavy (non-hydrogen) atoms. The lowest BCUT2D eigenvalue weighted by atomic mass is 10.1. The third-order valence-electron chi connectivity index (χ3n) is 4.79. The number of fused-ring (bicyclic) bond motifs is 1. The number of pyridine rings is 1. The summed E-state index contributed by atoms with van der Waals surface area (Å²) < 4.78 is 19.2. The zero-order valence-electron chi connectivity index (χ0n) is 15.0. The molecule has 1 fully saturated rings. The molecule has 0 unspecified atom stereocenters. The van der Waals surface area contributed by atoms with Crippen LogP contribution in [0, 0.1) is 5.82 Å². The van der Waals surface area contributed by atoms with E-state index in [9.17, 15) is 9.18 Å². The van der Waals surface area contributed by atoms with Gasteiger partial charge in [0, 0.05) is 36.4 Å². The molecule has 1 amide bonds. The van der Waals surface area contributed by atoms with E-state index < -0.39 is 0 Å². The van der Waals surface area contributed by atoms with Gasteiger partial charge in [0.05, 0.1) is 23.9 Å². The minimum absolute atomic E-state index is 0.0865. The first-order chi connectivity index (χ1) is 13.2. The number of likely N-dealkylation sites (tertiary alicyclic amines) is 1. The molecule has 5 nitrogen and oxygen atoms in total. The summed E-state index contributed by atoms with van der Waals surface area (Å²) in [7, 11) is 1.60. The maximum Gasteiger partial charge on any atom is 0.257 e. The Kier molecular flexibility index (Phi) is 4.62. The Hall–Kier alpha value is -3.15. The maximum atomic E-state index is 13.9. The van der Waals surface area contributed by atoms with Gasteiger partial charge in [0.15, 0.2) is 0 Å². The predicted molar refractivity (Wildman–Crippen MR) is 103 cm³/mol. The van der Waals surface area contributed by atoms with Crippen LogP contribution in [0.1, 0.15) is 23.2 Å². The van der Waals surface area contributed by atoms with Crippen molar-refractivity contribution in [2.75, 3.05) is 25.5 Å². The number of rotatable bonds is 4. The second-order valence-corrected chi connectivity index (χ2v) is 6.56. The maximum absolute atomic E-state index is 13.9. The number of amides is 1. The average molecular weight is 365 g/mol. The van der Waals surface area contributed by atoms with Crippen molar-refractivity contribution in [2.45, 2.75) is 12.8 Å². The predicted octanol–water partition coefficient (Wildman–Crippen LogP) is 4.36. The summed E-state index contributed by atoms with van der Waals surface area (Å²) in [6, 6.07) is 11.8. The summed E-state index contributed by atoms with van der Waals surface area (Å²) in [5, 5.41) is 3.86. The molecule has 1 saturated heterocycles. The summed E-state index contributed by atoms with van der Waals surface area (Å²) in [6.07, 6.45) is 3.57. The number of hydrogen-bond donors (Lipinski definition) is 1. The number of ether oxygens (including phenoxy) is 1. The van der Waals surface area contributed by atoms with Crippen LogP contribution in [0.5, 0.6) is 5.75 Å². The Morgan fingerprint density at radius 2 is 2.00 bits per heavy atom. The van der Waals surface area contributed by atoms with E-state index in [4.69, 9.17) is 4.74 Å². The normalized spacial score (nSPS) is 13.8. The SMILES string of the molecule is COc1cccc(Nc2c(C(=O)N3CCCC3)cnc3ccc(F)cc23)c1. The Bertz CT molecular complexity index is 1000. The fourth-order valence-corrected chi connectivity index (χ4v) is 3.40. The Balaban J connectivity index is 1.84. The lowest BCUT2D eigenvalue weighted by Gasteiger charge is -2.19. The van der Waals surface area contributed by atoms with Crippen LogP contribution < -0.4 is 10.1 Å². The Labute approximate surface area is 156 Å². The number of carbonyl (C=O) groups excluding carboxylic acids is 1. The molecule has 0 radical (unpaired) electrons. The number of methoxy groups -OCH3 is 1. The first-order valence-corrected chi connectivity index (χ1v) is 8.94. The van der Waals surface area contributed by atoms with Crippen molar-refractivity contribution in [2.24, 2.45) is 0 Å². The number of halogens is 1. The van der Waals surface area contributed by atoms with Gasteiger partial charge in [-0.05, 0) is 43.2 Å². The quantitative estimate of drug-likeness (QED) is 0.746. The van der Waals surface area contributed by atoms with Gasteiger partial charge in [-0.25, -0.2) is 4.39 Å². The second kappa shape index (κ2) is 7.23. The molecule has 6 heteroatoms. The molecule has 0 bridgehead atoms. The van der Waals surface area contributed by atoms with Crippen molar-refractivity contribution >= 4 is 28.2 Å². The molecule has 0 saturated carbocycles. The molecule has 1 aliphatic rings. The van der Waals surface area contributed by atoms with E-state index in [2.05, 4.69) is 10.3 Å². The van der Waals surface area contributed by atoms with E-state index in [1.54, 1.807) is 19.4 Å². The molecular weight excluding hydrogens is 345 g/mol. The lowest BCUT2D eigenvalue weighted by molar-refractivity contribution is 0.0793. The molecule has 4 rings (SSSR count). The number of nitrogens with zero attached hydrogens (tertiary/aromatic N) is 2. The van der Waals surface area contributed by atoms with E-state index in [1.165, 1.54) is 12.1 Å². The van der Waals surface area contributed by atoms with Crippen molar-refractivity contribution in [1.82, 2.24) is 9.88 Å². The van der Waals surface area contributed by atoms with Crippen LogP contribution in [-0.4, -0.2) is 36.0 Å². The first kappa shape index (κ1) is 17.3. The van der Waals surface area contributed by atoms with E-state index in [-0.39, 0.29) is 11.7 Å². The fourth-order valence-electron chi connectivity index (χ4n) is 3.40. The zero-order chi connectivity index (χ0) is 18.8. The number of hydrogen-bond acceptors (Lipinski definition) is 4. The van der Waals surface area contributed by atoms with Gasteiger partial charge < -0.3 is 15.0 Å². The molecule has 3 aromatic rings. The minimum atomic E-state index is -0.372. The topological polar surface area (TPSA) is 54.5 Å². The van der Waals surface area contributed by atoms with Crippen LogP contribution in [-0.2, 0) is 0 Å². The monoisotopic (exact) mass is 365 g/mol. The van der Waals surface area contributed by atoms with Crippen molar-refractivity contribution in [1.29, 1.82) is 0 Å². The molecule has 1 N–H and O–H groups in total. The molecule has 2 heterocycles. The number of benzene rings is 2. The largest absolute Gasteiger partial charge is 0.497 e. The third kappa shape index (κ3) is 3.43. The Morgan fingerprint density at radius 3 is 2.78 bits per heavy atom. The highest BCUT2D eigenvalue weighted by molar-refractivity contribution is 6.08. The van der Waals surface area contributed by atoms with E-state index in [0.717, 1.165) is 31.6 Å². The van der Waals surface area contributed by atoms with Crippen LogP contribution in [0.2, 0.25) is 0 Å². The summed E-state index contributed by atoms with van der Waals surface area (Å²) in [5.41, 5.74) is 2.38. The van der Waals surface area contributed by atoms with E-state index in [1.807, 2.05) is 29.2 Å². The van der Waals surface area contributed by atoms with Gasteiger partial charge in [0.25, 0.3) is 5.91 Å². The fraction of sp³-hybridized carbons (Fsp3) is 0.238. The van der Waals surface area contributed by atoms with E-state index in [0.29, 0.717) is 27.9 Å². The first-order valence-electron chi connectivity index (χ1n) is 8.94. The summed E-state index contributed by atoms with van der Waals surface area (Å²) in [4.78, 5) is 19.2. The van der Waals surface area contributed by atoms with Crippen molar-refractivity contribution in [3.05, 3.63) is 60.0 Å². The molecule has 0 aliphatic carbocycles. The van der Waals surface area contributed by atoms with Gasteiger partial charge >= 0.3 is 0 Å². The molecule has 138 valence electrons. The van der Waals surface area contributed by atoms with E-state index >= 15 is 0 Å². The molecular formula is C21H20FN3O2. The summed E-state index contributed by atoms with van der Waals surface area (Å²) in [5.74, 6) is 0.234. The van der Waals surface area contributed by atoms with Gasteiger partial charge in [-0.2, -0.15) is 0 Å². The van der Waals surface area contributed by atoms with Gasteiger partial charge in [-0.1, -0.05) is 6.07 Å². The van der Waals surface area contributed by atoms with Crippen LogP contribution in [0.3, 0.4) is 0 Å². The smallest absolute Gasteiger partial charge is 0.257 e. The number of nitrogens with one attached hydrogen (secondary N) is 1. The summed E-state index contributed by atoms with van der Waals surface area (Å²) >= 11 is 0. The zero-order valence-corrected chi connectivity index (χ0v) is 15.0. The van der Waals surface area contributed by atoms with Crippen LogP contribution in [0.15, 0.2) is 48.7 Å². The summed E-state index contributed by atoms with van der Waals surface area (Å²) in [6.45, 7) is 1.47. The molecule has 0 atom stereocenters. The lowest BCUT2D eigenvalue weighted by Crippen LogP contribution is -2.28. The average Bonchev–Trinajstić information content (AvgIpc) is 3.23. The number of carbonyl (C=O) groups is 1. The number of aromatic nitrogens is 1. The highest BCUT2D eigenvalue weighted by atomic mass is 19.1. The minimum Gasteiger partial charge on any atom is -0.497 e. The van der Waals surface area contributed by atoms with Gasteiger partial charge in [-0.3, -0.25) is 9.78 Å². The van der Waals surface area contributed by atoms with Crippen molar-refractivity contribution < 1.29 is 13.9 Å². The van der Waals surface area contributed by atoms with Crippen molar-refractivity contribution in [3.63, 3.8) is 0 Å². The third-order valence-corrected chi connectivity index (χ3v) is 4.79. The van der Waals surface area contributed by atoms with Gasteiger partial charge in [-0.15, -0.1) is 0 Å². The van der Waals surface area contributed by atoms with Crippen LogP contribution >= 0.6 is 0 Å². The van der Waals surface area contributed by atoms with Crippen LogP contribution in [0.4, 0.5) is 15.8 Å². The molecule has 1 aromatic heterocycles. The second-order valence-electron chi connectivity index (χ2n) is 6.56.